The first-order chi connectivity index (χ1) is 6.93. The van der Waals surface area contributed by atoms with Crippen molar-refractivity contribution in [1.29, 1.82) is 0 Å². The summed E-state index contributed by atoms with van der Waals surface area (Å²) in [4.78, 5) is 3.85. The molecule has 1 aromatic heterocycles. The van der Waals surface area contributed by atoms with E-state index in [1.165, 1.54) is 11.8 Å². The highest BCUT2D eigenvalue weighted by Crippen LogP contribution is 2.31. The summed E-state index contributed by atoms with van der Waals surface area (Å²) >= 11 is 6.79. The van der Waals surface area contributed by atoms with E-state index in [0.717, 1.165) is 18.3 Å². The summed E-state index contributed by atoms with van der Waals surface area (Å²) in [6.45, 7) is 1.83. The second-order valence-electron chi connectivity index (χ2n) is 2.96. The second kappa shape index (κ2) is 5.07. The van der Waals surface area contributed by atoms with Gasteiger partial charge in [0.15, 0.2) is 0 Å². The molecule has 1 heterocycles. The topological polar surface area (TPSA) is 12.9 Å². The van der Waals surface area contributed by atoms with Gasteiger partial charge in [0.2, 0.25) is 0 Å². The van der Waals surface area contributed by atoms with Crippen LogP contribution in [0.15, 0.2) is 23.4 Å². The Hall–Kier alpha value is -0.420. The Kier molecular flexibility index (Phi) is 4.28. The van der Waals surface area contributed by atoms with Crippen molar-refractivity contribution in [1.82, 2.24) is 4.98 Å². The molecule has 1 nitrogen and oxygen atoms in total. The minimum Gasteiger partial charge on any atom is -0.250 e. The number of pyridine rings is 1. The fraction of sp³-hybridized carbons (Fsp3) is 0.444. The predicted molar refractivity (Wildman–Crippen MR) is 55.3 cm³/mol. The first-order valence-corrected chi connectivity index (χ1v) is 5.60. The molecule has 0 amide bonds. The number of alkyl halides is 4. The van der Waals surface area contributed by atoms with Crippen LogP contribution in [-0.4, -0.2) is 16.1 Å². The van der Waals surface area contributed by atoms with E-state index in [-0.39, 0.29) is 5.25 Å². The molecule has 0 spiro atoms. The standard InChI is InChI=1S/C9H9ClF3NS/c1-6(5-10)15-8-4-7(2-3-14-8)9(11,12)13/h2-4,6H,5H2,1H3. The van der Waals surface area contributed by atoms with Crippen molar-refractivity contribution in [2.24, 2.45) is 0 Å². The van der Waals surface area contributed by atoms with Crippen LogP contribution in [0.25, 0.3) is 0 Å². The zero-order chi connectivity index (χ0) is 11.5. The van der Waals surface area contributed by atoms with E-state index in [4.69, 9.17) is 11.6 Å². The number of thioether (sulfide) groups is 1. The van der Waals surface area contributed by atoms with Gasteiger partial charge in [0.25, 0.3) is 0 Å². The summed E-state index contributed by atoms with van der Waals surface area (Å²) in [6.07, 6.45) is -3.16. The number of hydrogen-bond acceptors (Lipinski definition) is 2. The SMILES string of the molecule is CC(CCl)Sc1cc(C(F)(F)F)ccn1. The van der Waals surface area contributed by atoms with Gasteiger partial charge in [-0.05, 0) is 12.1 Å². The van der Waals surface area contributed by atoms with Crippen LogP contribution < -0.4 is 0 Å². The third-order valence-electron chi connectivity index (χ3n) is 1.60. The molecular weight excluding hydrogens is 247 g/mol. The maximum atomic E-state index is 12.3. The van der Waals surface area contributed by atoms with E-state index in [1.54, 1.807) is 0 Å². The minimum absolute atomic E-state index is 0.0441. The molecule has 6 heteroatoms. The minimum atomic E-state index is -4.32. The molecule has 0 aromatic carbocycles. The molecule has 0 bridgehead atoms. The number of aromatic nitrogens is 1. The molecule has 0 aliphatic rings. The summed E-state index contributed by atoms with van der Waals surface area (Å²) in [5, 5.41) is 0.389. The second-order valence-corrected chi connectivity index (χ2v) is 4.73. The fourth-order valence-electron chi connectivity index (χ4n) is 0.888. The van der Waals surface area contributed by atoms with Crippen LogP contribution in [0.1, 0.15) is 12.5 Å². The van der Waals surface area contributed by atoms with Gasteiger partial charge < -0.3 is 0 Å². The number of rotatable bonds is 3. The molecule has 0 N–H and O–H groups in total. The molecule has 1 unspecified atom stereocenters. The van der Waals surface area contributed by atoms with Crippen molar-refractivity contribution in [2.75, 3.05) is 5.88 Å². The Bertz CT molecular complexity index is 329. The molecule has 0 aliphatic carbocycles. The monoisotopic (exact) mass is 255 g/mol. The summed E-state index contributed by atoms with van der Waals surface area (Å²) < 4.78 is 37.0. The smallest absolute Gasteiger partial charge is 0.250 e. The first-order valence-electron chi connectivity index (χ1n) is 4.19. The van der Waals surface area contributed by atoms with E-state index in [2.05, 4.69) is 4.98 Å². The van der Waals surface area contributed by atoms with Crippen molar-refractivity contribution in [3.05, 3.63) is 23.9 Å². The van der Waals surface area contributed by atoms with Crippen LogP contribution in [0.5, 0.6) is 0 Å². The lowest BCUT2D eigenvalue weighted by Gasteiger charge is -2.09. The van der Waals surface area contributed by atoms with E-state index in [0.29, 0.717) is 10.9 Å². The molecular formula is C9H9ClF3NS. The first kappa shape index (κ1) is 12.6. The van der Waals surface area contributed by atoms with Crippen molar-refractivity contribution >= 4 is 23.4 Å². The predicted octanol–water partition coefficient (Wildman–Crippen LogP) is 3.82. The van der Waals surface area contributed by atoms with Crippen LogP contribution in [0.3, 0.4) is 0 Å². The molecule has 0 aliphatic heterocycles. The molecule has 1 rings (SSSR count). The highest BCUT2D eigenvalue weighted by Gasteiger charge is 2.30. The van der Waals surface area contributed by atoms with E-state index < -0.39 is 11.7 Å². The zero-order valence-electron chi connectivity index (χ0n) is 7.88. The Balaban J connectivity index is 2.84. The van der Waals surface area contributed by atoms with E-state index >= 15 is 0 Å². The van der Waals surface area contributed by atoms with Gasteiger partial charge in [-0.15, -0.1) is 23.4 Å². The molecule has 1 atom stereocenters. The zero-order valence-corrected chi connectivity index (χ0v) is 9.46. The number of nitrogens with zero attached hydrogens (tertiary/aromatic N) is 1. The van der Waals surface area contributed by atoms with Gasteiger partial charge in [-0.1, -0.05) is 6.92 Å². The molecule has 15 heavy (non-hydrogen) atoms. The van der Waals surface area contributed by atoms with Crippen LogP contribution in [-0.2, 0) is 6.18 Å². The average molecular weight is 256 g/mol. The Morgan fingerprint density at radius 1 is 1.53 bits per heavy atom. The molecule has 84 valence electrons. The van der Waals surface area contributed by atoms with Crippen LogP contribution >= 0.6 is 23.4 Å². The van der Waals surface area contributed by atoms with Gasteiger partial charge in [-0.2, -0.15) is 13.2 Å². The quantitative estimate of drug-likeness (QED) is 0.602. The van der Waals surface area contributed by atoms with Gasteiger partial charge in [0.05, 0.1) is 10.6 Å². The largest absolute Gasteiger partial charge is 0.416 e. The van der Waals surface area contributed by atoms with Crippen LogP contribution in [0.4, 0.5) is 13.2 Å². The molecule has 0 saturated carbocycles. The number of hydrogen-bond donors (Lipinski definition) is 0. The maximum absolute atomic E-state index is 12.3. The summed E-state index contributed by atoms with van der Waals surface area (Å²) in [5.74, 6) is 0.378. The van der Waals surface area contributed by atoms with Crippen molar-refractivity contribution in [2.45, 2.75) is 23.4 Å². The van der Waals surface area contributed by atoms with Crippen molar-refractivity contribution in [3.63, 3.8) is 0 Å². The van der Waals surface area contributed by atoms with E-state index in [9.17, 15) is 13.2 Å². The van der Waals surface area contributed by atoms with Gasteiger partial charge in [-0.25, -0.2) is 4.98 Å². The van der Waals surface area contributed by atoms with Crippen LogP contribution in [0, 0.1) is 0 Å². The molecule has 0 radical (unpaired) electrons. The van der Waals surface area contributed by atoms with Crippen molar-refractivity contribution in [3.8, 4) is 0 Å². The maximum Gasteiger partial charge on any atom is 0.416 e. The lowest BCUT2D eigenvalue weighted by atomic mass is 10.3. The third-order valence-corrected chi connectivity index (χ3v) is 3.28. The molecule has 0 saturated heterocycles. The highest BCUT2D eigenvalue weighted by molar-refractivity contribution is 7.99. The average Bonchev–Trinajstić information content (AvgIpc) is 2.17. The van der Waals surface area contributed by atoms with E-state index in [1.807, 2.05) is 6.92 Å². The fourth-order valence-corrected chi connectivity index (χ4v) is 1.87. The Morgan fingerprint density at radius 3 is 2.73 bits per heavy atom. The van der Waals surface area contributed by atoms with Gasteiger partial charge >= 0.3 is 6.18 Å². The number of halogens is 4. The Labute approximate surface area is 95.0 Å². The molecule has 0 fully saturated rings. The summed E-state index contributed by atoms with van der Waals surface area (Å²) in [6, 6.07) is 1.99. The van der Waals surface area contributed by atoms with Crippen LogP contribution in [0.2, 0.25) is 0 Å². The third kappa shape index (κ3) is 3.91. The Morgan fingerprint density at radius 2 is 2.20 bits per heavy atom. The van der Waals surface area contributed by atoms with Gasteiger partial charge in [0.1, 0.15) is 0 Å². The lowest BCUT2D eigenvalue weighted by Crippen LogP contribution is -2.06. The highest BCUT2D eigenvalue weighted by atomic mass is 35.5. The van der Waals surface area contributed by atoms with Crippen molar-refractivity contribution < 1.29 is 13.2 Å². The molecule has 1 aromatic rings. The lowest BCUT2D eigenvalue weighted by molar-refractivity contribution is -0.137. The normalized spacial score (nSPS) is 13.9. The summed E-state index contributed by atoms with van der Waals surface area (Å²) in [5.41, 5.74) is -0.679. The summed E-state index contributed by atoms with van der Waals surface area (Å²) in [7, 11) is 0. The van der Waals surface area contributed by atoms with Gasteiger partial charge in [0, 0.05) is 17.3 Å². The van der Waals surface area contributed by atoms with Gasteiger partial charge in [-0.3, -0.25) is 0 Å².